The largest absolute Gasteiger partial charge is 0.339 e. The van der Waals surface area contributed by atoms with Crippen molar-refractivity contribution >= 4 is 21.9 Å². The summed E-state index contributed by atoms with van der Waals surface area (Å²) < 4.78 is 27.4. The highest BCUT2D eigenvalue weighted by Crippen LogP contribution is 2.17. The van der Waals surface area contributed by atoms with Gasteiger partial charge in [0.15, 0.2) is 0 Å². The number of carbonyl (C=O) groups is 1. The van der Waals surface area contributed by atoms with Crippen molar-refractivity contribution in [2.45, 2.75) is 31.1 Å². The van der Waals surface area contributed by atoms with E-state index in [-0.39, 0.29) is 23.8 Å². The Hall–Kier alpha value is -2.52. The van der Waals surface area contributed by atoms with Crippen LogP contribution in [0.1, 0.15) is 31.7 Å². The van der Waals surface area contributed by atoms with Crippen molar-refractivity contribution in [2.75, 3.05) is 37.6 Å². The van der Waals surface area contributed by atoms with Gasteiger partial charge < -0.3 is 9.80 Å². The maximum absolute atomic E-state index is 12.4. The lowest BCUT2D eigenvalue weighted by Gasteiger charge is -2.34. The summed E-state index contributed by atoms with van der Waals surface area (Å²) in [5.41, 5.74) is 1.08. The Balaban J connectivity index is 1.46. The molecule has 1 fully saturated rings. The molecule has 0 spiro atoms. The number of benzene rings is 1. The Morgan fingerprint density at radius 1 is 1.07 bits per heavy atom. The number of nitrogens with one attached hydrogen (secondary N) is 1. The molecule has 1 saturated heterocycles. The molecule has 1 amide bonds. The molecule has 0 saturated carbocycles. The summed E-state index contributed by atoms with van der Waals surface area (Å²) in [6, 6.07) is 8.61. The van der Waals surface area contributed by atoms with Gasteiger partial charge in [-0.15, -0.1) is 0 Å². The summed E-state index contributed by atoms with van der Waals surface area (Å²) in [4.78, 5) is 24.9. The molecule has 1 aromatic carbocycles. The van der Waals surface area contributed by atoms with Crippen molar-refractivity contribution in [2.24, 2.45) is 0 Å². The van der Waals surface area contributed by atoms with Gasteiger partial charge in [-0.3, -0.25) is 4.79 Å². The quantitative estimate of drug-likeness (QED) is 0.736. The average molecular weight is 418 g/mol. The molecule has 0 bridgehead atoms. The van der Waals surface area contributed by atoms with Gasteiger partial charge in [-0.05, 0) is 29.7 Å². The second kappa shape index (κ2) is 9.32. The van der Waals surface area contributed by atoms with Crippen LogP contribution in [0.4, 0.5) is 5.95 Å². The SMILES string of the molecule is CC(C)c1ccc(S(=O)(=O)NCCC(=O)N2CCN(c3ncccn3)CC2)cc1. The predicted octanol–water partition coefficient (Wildman–Crippen LogP) is 1.62. The zero-order valence-corrected chi connectivity index (χ0v) is 17.6. The number of hydrogen-bond donors (Lipinski definition) is 1. The highest BCUT2D eigenvalue weighted by Gasteiger charge is 2.23. The number of hydrogen-bond acceptors (Lipinski definition) is 6. The third kappa shape index (κ3) is 5.51. The molecule has 0 unspecified atom stereocenters. The zero-order valence-electron chi connectivity index (χ0n) is 16.8. The van der Waals surface area contributed by atoms with Crippen molar-refractivity contribution in [3.8, 4) is 0 Å². The van der Waals surface area contributed by atoms with Gasteiger partial charge in [0.05, 0.1) is 4.90 Å². The predicted molar refractivity (Wildman–Crippen MR) is 111 cm³/mol. The molecule has 156 valence electrons. The van der Waals surface area contributed by atoms with E-state index in [1.54, 1.807) is 35.5 Å². The lowest BCUT2D eigenvalue weighted by Crippen LogP contribution is -2.49. The van der Waals surface area contributed by atoms with Crippen LogP contribution in [0.15, 0.2) is 47.6 Å². The molecule has 29 heavy (non-hydrogen) atoms. The van der Waals surface area contributed by atoms with E-state index in [2.05, 4.69) is 28.5 Å². The Labute approximate surface area is 172 Å². The summed E-state index contributed by atoms with van der Waals surface area (Å²) in [5.74, 6) is 0.943. The molecule has 1 aromatic heterocycles. The number of carbonyl (C=O) groups excluding carboxylic acids is 1. The minimum absolute atomic E-state index is 0.0588. The van der Waals surface area contributed by atoms with Crippen LogP contribution in [0.3, 0.4) is 0 Å². The van der Waals surface area contributed by atoms with Gasteiger partial charge in [0.1, 0.15) is 0 Å². The first-order valence-corrected chi connectivity index (χ1v) is 11.2. The number of sulfonamides is 1. The van der Waals surface area contributed by atoms with Crippen LogP contribution < -0.4 is 9.62 Å². The monoisotopic (exact) mass is 417 g/mol. The number of amides is 1. The standard InChI is InChI=1S/C20H27N5O3S/c1-16(2)17-4-6-18(7-5-17)29(27,28)23-11-8-19(26)24-12-14-25(15-13-24)20-21-9-3-10-22-20/h3-7,9-10,16,23H,8,11-15H2,1-2H3. The fourth-order valence-electron chi connectivity index (χ4n) is 3.18. The van der Waals surface area contributed by atoms with Gasteiger partial charge in [-0.1, -0.05) is 26.0 Å². The van der Waals surface area contributed by atoms with Crippen molar-refractivity contribution in [1.29, 1.82) is 0 Å². The van der Waals surface area contributed by atoms with E-state index in [4.69, 9.17) is 0 Å². The molecule has 1 N–H and O–H groups in total. The van der Waals surface area contributed by atoms with E-state index in [0.29, 0.717) is 38.0 Å². The zero-order chi connectivity index (χ0) is 20.9. The first-order chi connectivity index (χ1) is 13.9. The Morgan fingerprint density at radius 2 is 1.69 bits per heavy atom. The number of rotatable bonds is 7. The van der Waals surface area contributed by atoms with Gasteiger partial charge in [-0.2, -0.15) is 0 Å². The number of anilines is 1. The lowest BCUT2D eigenvalue weighted by molar-refractivity contribution is -0.131. The molecule has 2 aromatic rings. The molecule has 0 aliphatic carbocycles. The van der Waals surface area contributed by atoms with Gasteiger partial charge >= 0.3 is 0 Å². The van der Waals surface area contributed by atoms with E-state index >= 15 is 0 Å². The van der Waals surface area contributed by atoms with Gasteiger partial charge in [-0.25, -0.2) is 23.1 Å². The molecule has 8 nitrogen and oxygen atoms in total. The van der Waals surface area contributed by atoms with E-state index in [1.165, 1.54) is 0 Å². The molecule has 2 heterocycles. The minimum Gasteiger partial charge on any atom is -0.339 e. The summed E-state index contributed by atoms with van der Waals surface area (Å²) in [7, 11) is -3.62. The summed E-state index contributed by atoms with van der Waals surface area (Å²) in [5, 5.41) is 0. The normalized spacial score (nSPS) is 15.0. The van der Waals surface area contributed by atoms with Crippen LogP contribution in [-0.4, -0.2) is 61.9 Å². The summed E-state index contributed by atoms with van der Waals surface area (Å²) in [6.07, 6.45) is 3.52. The fraction of sp³-hybridized carbons (Fsp3) is 0.450. The topological polar surface area (TPSA) is 95.5 Å². The van der Waals surface area contributed by atoms with E-state index < -0.39 is 10.0 Å². The third-order valence-electron chi connectivity index (χ3n) is 4.96. The molecular formula is C20H27N5O3S. The number of nitrogens with zero attached hydrogens (tertiary/aromatic N) is 4. The minimum atomic E-state index is -3.62. The van der Waals surface area contributed by atoms with Crippen LogP contribution in [0, 0.1) is 0 Å². The van der Waals surface area contributed by atoms with Gasteiger partial charge in [0, 0.05) is 51.5 Å². The maximum Gasteiger partial charge on any atom is 0.240 e. The molecule has 0 radical (unpaired) electrons. The second-order valence-corrected chi connectivity index (χ2v) is 9.06. The Bertz CT molecular complexity index is 909. The molecule has 0 atom stereocenters. The summed E-state index contributed by atoms with van der Waals surface area (Å²) >= 11 is 0. The highest BCUT2D eigenvalue weighted by molar-refractivity contribution is 7.89. The van der Waals surface area contributed by atoms with Crippen molar-refractivity contribution in [3.63, 3.8) is 0 Å². The Kier molecular flexibility index (Phi) is 6.81. The first kappa shape index (κ1) is 21.2. The van der Waals surface area contributed by atoms with Crippen LogP contribution in [0.2, 0.25) is 0 Å². The first-order valence-electron chi connectivity index (χ1n) is 9.76. The molecule has 9 heteroatoms. The number of aromatic nitrogens is 2. The Morgan fingerprint density at radius 3 is 2.28 bits per heavy atom. The van der Waals surface area contributed by atoms with Crippen LogP contribution >= 0.6 is 0 Å². The van der Waals surface area contributed by atoms with Crippen molar-refractivity contribution in [3.05, 3.63) is 48.3 Å². The van der Waals surface area contributed by atoms with E-state index in [0.717, 1.165) is 5.56 Å². The van der Waals surface area contributed by atoms with Crippen molar-refractivity contribution in [1.82, 2.24) is 19.6 Å². The van der Waals surface area contributed by atoms with Gasteiger partial charge in [0.2, 0.25) is 21.9 Å². The lowest BCUT2D eigenvalue weighted by atomic mass is 10.0. The number of piperazine rings is 1. The maximum atomic E-state index is 12.4. The van der Waals surface area contributed by atoms with Crippen LogP contribution in [-0.2, 0) is 14.8 Å². The average Bonchev–Trinajstić information content (AvgIpc) is 2.74. The van der Waals surface area contributed by atoms with E-state index in [1.807, 2.05) is 17.0 Å². The van der Waals surface area contributed by atoms with Crippen molar-refractivity contribution < 1.29 is 13.2 Å². The fourth-order valence-corrected chi connectivity index (χ4v) is 4.21. The van der Waals surface area contributed by atoms with Crippen LogP contribution in [0.25, 0.3) is 0 Å². The van der Waals surface area contributed by atoms with Crippen LogP contribution in [0.5, 0.6) is 0 Å². The third-order valence-corrected chi connectivity index (χ3v) is 6.43. The second-order valence-electron chi connectivity index (χ2n) is 7.29. The molecule has 1 aliphatic heterocycles. The smallest absolute Gasteiger partial charge is 0.240 e. The molecule has 1 aliphatic rings. The van der Waals surface area contributed by atoms with Gasteiger partial charge in [0.25, 0.3) is 0 Å². The molecule has 3 rings (SSSR count). The molecular weight excluding hydrogens is 390 g/mol. The summed E-state index contributed by atoms with van der Waals surface area (Å²) in [6.45, 7) is 6.64. The van der Waals surface area contributed by atoms with E-state index in [9.17, 15) is 13.2 Å². The highest BCUT2D eigenvalue weighted by atomic mass is 32.2.